The molecule has 16 heavy (non-hydrogen) atoms. The van der Waals surface area contributed by atoms with Gasteiger partial charge >= 0.3 is 0 Å². The van der Waals surface area contributed by atoms with Gasteiger partial charge in [-0.1, -0.05) is 30.3 Å². The summed E-state index contributed by atoms with van der Waals surface area (Å²) >= 11 is 3.40. The summed E-state index contributed by atoms with van der Waals surface area (Å²) in [5, 5.41) is 3.22. The van der Waals surface area contributed by atoms with E-state index in [1.165, 1.54) is 0 Å². The Morgan fingerprint density at radius 3 is 2.62 bits per heavy atom. The van der Waals surface area contributed by atoms with Gasteiger partial charge in [-0.25, -0.2) is 9.97 Å². The smallest absolute Gasteiger partial charge is 0.221 e. The Labute approximate surface area is 100 Å². The van der Waals surface area contributed by atoms with Gasteiger partial charge in [0, 0.05) is 10.8 Å². The molecule has 0 unspecified atom stereocenters. The molecule has 3 nitrogen and oxygen atoms in total. The molecule has 2 aromatic carbocycles. The van der Waals surface area contributed by atoms with Crippen LogP contribution < -0.4 is 5.73 Å². The normalized spacial score (nSPS) is 11.1. The van der Waals surface area contributed by atoms with Crippen molar-refractivity contribution in [3.63, 3.8) is 0 Å². The van der Waals surface area contributed by atoms with Gasteiger partial charge < -0.3 is 5.73 Å². The molecule has 0 amide bonds. The van der Waals surface area contributed by atoms with Crippen LogP contribution >= 0.6 is 15.9 Å². The van der Waals surface area contributed by atoms with E-state index in [2.05, 4.69) is 38.0 Å². The second-order valence-corrected chi connectivity index (χ2v) is 4.31. The summed E-state index contributed by atoms with van der Waals surface area (Å²) in [5.74, 6) is 0.288. The Hall–Kier alpha value is -1.68. The van der Waals surface area contributed by atoms with Gasteiger partial charge in [0.2, 0.25) is 5.95 Å². The number of rotatable bonds is 0. The molecule has 0 aliphatic carbocycles. The minimum Gasteiger partial charge on any atom is -0.368 e. The van der Waals surface area contributed by atoms with E-state index in [0.29, 0.717) is 0 Å². The fourth-order valence-electron chi connectivity index (χ4n) is 1.84. The first kappa shape index (κ1) is 9.54. The molecule has 0 spiro atoms. The van der Waals surface area contributed by atoms with Crippen molar-refractivity contribution in [1.82, 2.24) is 9.97 Å². The van der Waals surface area contributed by atoms with E-state index >= 15 is 0 Å². The Balaban J connectivity index is 2.59. The van der Waals surface area contributed by atoms with Crippen molar-refractivity contribution < 1.29 is 0 Å². The Morgan fingerprint density at radius 2 is 1.75 bits per heavy atom. The lowest BCUT2D eigenvalue weighted by Crippen LogP contribution is -1.96. The van der Waals surface area contributed by atoms with Crippen LogP contribution in [0.25, 0.3) is 21.7 Å². The van der Waals surface area contributed by atoms with E-state index < -0.39 is 0 Å². The molecule has 3 aromatic rings. The highest BCUT2D eigenvalue weighted by Gasteiger charge is 2.06. The van der Waals surface area contributed by atoms with E-state index in [9.17, 15) is 0 Å². The number of fused-ring (bicyclic) bond motifs is 3. The van der Waals surface area contributed by atoms with Crippen LogP contribution in [0.2, 0.25) is 0 Å². The first-order valence-electron chi connectivity index (χ1n) is 4.86. The van der Waals surface area contributed by atoms with E-state index in [0.717, 1.165) is 26.3 Å². The fourth-order valence-corrected chi connectivity index (χ4v) is 2.34. The molecule has 0 aliphatic heterocycles. The van der Waals surface area contributed by atoms with Crippen LogP contribution in [0.4, 0.5) is 5.95 Å². The number of hydrogen-bond acceptors (Lipinski definition) is 3. The van der Waals surface area contributed by atoms with Crippen molar-refractivity contribution in [2.75, 3.05) is 5.73 Å². The predicted molar refractivity (Wildman–Crippen MR) is 69.2 cm³/mol. The number of hydrogen-bond donors (Lipinski definition) is 1. The lowest BCUT2D eigenvalue weighted by molar-refractivity contribution is 1.21. The summed E-state index contributed by atoms with van der Waals surface area (Å²) in [5.41, 5.74) is 6.55. The molecule has 0 aliphatic rings. The largest absolute Gasteiger partial charge is 0.368 e. The molecular formula is C12H8BrN3. The minimum absolute atomic E-state index is 0.288. The zero-order valence-electron chi connectivity index (χ0n) is 8.31. The molecule has 0 saturated carbocycles. The van der Waals surface area contributed by atoms with Gasteiger partial charge in [0.05, 0.1) is 5.52 Å². The van der Waals surface area contributed by atoms with Crippen LogP contribution in [0.5, 0.6) is 0 Å². The molecule has 1 heterocycles. The standard InChI is InChI=1S/C12H8BrN3/c13-11-9-6-5-7-3-1-2-4-8(7)10(9)15-12(14)16-11/h1-6H,(H2,14,15,16). The van der Waals surface area contributed by atoms with E-state index in [1.807, 2.05) is 24.3 Å². The lowest BCUT2D eigenvalue weighted by atomic mass is 10.1. The van der Waals surface area contributed by atoms with Gasteiger partial charge in [-0.15, -0.1) is 0 Å². The SMILES string of the molecule is Nc1nc(Br)c2ccc3ccccc3c2n1. The first-order valence-corrected chi connectivity index (χ1v) is 5.65. The summed E-state index contributed by atoms with van der Waals surface area (Å²) in [7, 11) is 0. The van der Waals surface area contributed by atoms with Gasteiger partial charge in [0.1, 0.15) is 4.60 Å². The van der Waals surface area contributed by atoms with Crippen molar-refractivity contribution in [1.29, 1.82) is 0 Å². The summed E-state index contributed by atoms with van der Waals surface area (Å²) < 4.78 is 0.737. The average Bonchev–Trinajstić information content (AvgIpc) is 2.28. The summed E-state index contributed by atoms with van der Waals surface area (Å²) in [6.07, 6.45) is 0. The maximum Gasteiger partial charge on any atom is 0.221 e. The predicted octanol–water partition coefficient (Wildman–Crippen LogP) is 3.13. The highest BCUT2D eigenvalue weighted by molar-refractivity contribution is 9.10. The third-order valence-electron chi connectivity index (χ3n) is 2.56. The van der Waals surface area contributed by atoms with Crippen LogP contribution in [-0.4, -0.2) is 9.97 Å². The van der Waals surface area contributed by atoms with Crippen molar-refractivity contribution >= 4 is 43.6 Å². The zero-order valence-corrected chi connectivity index (χ0v) is 9.90. The summed E-state index contributed by atoms with van der Waals surface area (Å²) in [6.45, 7) is 0. The first-order chi connectivity index (χ1) is 7.75. The fraction of sp³-hybridized carbons (Fsp3) is 0. The van der Waals surface area contributed by atoms with Gasteiger partial charge in [0.25, 0.3) is 0 Å². The topological polar surface area (TPSA) is 51.8 Å². The van der Waals surface area contributed by atoms with Crippen LogP contribution in [-0.2, 0) is 0 Å². The average molecular weight is 274 g/mol. The molecule has 4 heteroatoms. The highest BCUT2D eigenvalue weighted by atomic mass is 79.9. The molecule has 2 N–H and O–H groups in total. The summed E-state index contributed by atoms with van der Waals surface area (Å²) in [6, 6.07) is 12.2. The lowest BCUT2D eigenvalue weighted by Gasteiger charge is -2.04. The second-order valence-electron chi connectivity index (χ2n) is 3.56. The van der Waals surface area contributed by atoms with Crippen LogP contribution in [0.3, 0.4) is 0 Å². The number of aromatic nitrogens is 2. The van der Waals surface area contributed by atoms with Gasteiger partial charge in [0.15, 0.2) is 0 Å². The molecule has 0 bridgehead atoms. The Morgan fingerprint density at radius 1 is 0.938 bits per heavy atom. The van der Waals surface area contributed by atoms with Gasteiger partial charge in [-0.3, -0.25) is 0 Å². The third kappa shape index (κ3) is 1.34. The monoisotopic (exact) mass is 273 g/mol. The van der Waals surface area contributed by atoms with Gasteiger partial charge in [-0.05, 0) is 27.4 Å². The molecular weight excluding hydrogens is 266 g/mol. The maximum absolute atomic E-state index is 5.66. The summed E-state index contributed by atoms with van der Waals surface area (Å²) in [4.78, 5) is 8.39. The second kappa shape index (κ2) is 3.42. The molecule has 3 rings (SSSR count). The molecule has 0 atom stereocenters. The quantitative estimate of drug-likeness (QED) is 0.506. The number of nitrogen functional groups attached to an aromatic ring is 1. The molecule has 0 fully saturated rings. The maximum atomic E-state index is 5.66. The van der Waals surface area contributed by atoms with Crippen molar-refractivity contribution in [3.05, 3.63) is 41.0 Å². The number of nitrogens with two attached hydrogens (primary N) is 1. The Kier molecular flexibility index (Phi) is 2.04. The van der Waals surface area contributed by atoms with E-state index in [1.54, 1.807) is 0 Å². The highest BCUT2D eigenvalue weighted by Crippen LogP contribution is 2.28. The number of benzene rings is 2. The van der Waals surface area contributed by atoms with Crippen molar-refractivity contribution in [2.45, 2.75) is 0 Å². The van der Waals surface area contributed by atoms with E-state index in [4.69, 9.17) is 5.73 Å². The van der Waals surface area contributed by atoms with Crippen LogP contribution in [0.15, 0.2) is 41.0 Å². The number of anilines is 1. The minimum atomic E-state index is 0.288. The van der Waals surface area contributed by atoms with Crippen LogP contribution in [0, 0.1) is 0 Å². The Bertz CT molecular complexity index is 694. The molecule has 0 saturated heterocycles. The molecule has 1 aromatic heterocycles. The number of nitrogens with zero attached hydrogens (tertiary/aromatic N) is 2. The number of halogens is 1. The van der Waals surface area contributed by atoms with Crippen molar-refractivity contribution in [3.8, 4) is 0 Å². The van der Waals surface area contributed by atoms with Gasteiger partial charge in [-0.2, -0.15) is 0 Å². The van der Waals surface area contributed by atoms with E-state index in [-0.39, 0.29) is 5.95 Å². The molecule has 0 radical (unpaired) electrons. The third-order valence-corrected chi connectivity index (χ3v) is 3.17. The zero-order chi connectivity index (χ0) is 11.1. The van der Waals surface area contributed by atoms with Crippen molar-refractivity contribution in [2.24, 2.45) is 0 Å². The van der Waals surface area contributed by atoms with Crippen LogP contribution in [0.1, 0.15) is 0 Å². The molecule has 78 valence electrons.